The molecule has 0 unspecified atom stereocenters. The topological polar surface area (TPSA) is 92.4 Å². The van der Waals surface area contributed by atoms with Crippen LogP contribution in [0.3, 0.4) is 0 Å². The van der Waals surface area contributed by atoms with Gasteiger partial charge in [-0.2, -0.15) is 0 Å². The van der Waals surface area contributed by atoms with Crippen LogP contribution in [0.1, 0.15) is 10.5 Å². The van der Waals surface area contributed by atoms with Crippen LogP contribution in [-0.4, -0.2) is 24.0 Å². The molecular weight excluding hydrogens is 428 g/mol. The van der Waals surface area contributed by atoms with Crippen molar-refractivity contribution in [1.29, 1.82) is 0 Å². The van der Waals surface area contributed by atoms with Crippen LogP contribution in [0.4, 0.5) is 16.2 Å². The Morgan fingerprint density at radius 3 is 2.47 bits per heavy atom. The van der Waals surface area contributed by atoms with E-state index in [9.17, 15) is 9.59 Å². The summed E-state index contributed by atoms with van der Waals surface area (Å²) in [6.45, 7) is 0. The van der Waals surface area contributed by atoms with Gasteiger partial charge in [-0.3, -0.25) is 9.78 Å². The van der Waals surface area contributed by atoms with E-state index >= 15 is 0 Å². The van der Waals surface area contributed by atoms with E-state index in [1.165, 1.54) is 6.20 Å². The van der Waals surface area contributed by atoms with Crippen molar-refractivity contribution in [2.45, 2.75) is 0 Å². The smallest absolute Gasteiger partial charge is 0.323 e. The molecule has 1 aromatic heterocycles. The zero-order chi connectivity index (χ0) is 22.5. The fourth-order valence-electron chi connectivity index (χ4n) is 3.12. The number of nitrogens with zero attached hydrogens (tertiary/aromatic N) is 1. The molecule has 0 spiro atoms. The van der Waals surface area contributed by atoms with Crippen LogP contribution in [0.25, 0.3) is 10.8 Å². The Bertz CT molecular complexity index is 1290. The normalized spacial score (nSPS) is 10.4. The lowest BCUT2D eigenvalue weighted by molar-refractivity contribution is 0.0958. The Hall–Kier alpha value is -4.10. The molecule has 32 heavy (non-hydrogen) atoms. The summed E-state index contributed by atoms with van der Waals surface area (Å²) in [4.78, 5) is 28.2. The van der Waals surface area contributed by atoms with E-state index in [0.717, 1.165) is 10.8 Å². The van der Waals surface area contributed by atoms with Crippen LogP contribution in [0.15, 0.2) is 79.0 Å². The number of hydrogen-bond donors (Lipinski definition) is 3. The summed E-state index contributed by atoms with van der Waals surface area (Å²) in [7, 11) is 1.54. The Labute approximate surface area is 189 Å². The highest BCUT2D eigenvalue weighted by atomic mass is 35.5. The Morgan fingerprint density at radius 2 is 1.69 bits per heavy atom. The van der Waals surface area contributed by atoms with Crippen LogP contribution >= 0.6 is 11.6 Å². The second kappa shape index (κ2) is 9.36. The molecule has 0 bridgehead atoms. The summed E-state index contributed by atoms with van der Waals surface area (Å²) >= 11 is 5.88. The van der Waals surface area contributed by atoms with Crippen molar-refractivity contribution in [3.63, 3.8) is 0 Å². The average Bonchev–Trinajstić information content (AvgIpc) is 2.80. The molecule has 3 amide bonds. The number of nitrogens with one attached hydrogen (secondary N) is 3. The van der Waals surface area contributed by atoms with E-state index in [4.69, 9.17) is 16.3 Å². The van der Waals surface area contributed by atoms with Crippen molar-refractivity contribution in [1.82, 2.24) is 10.3 Å². The molecule has 0 fully saturated rings. The highest BCUT2D eigenvalue weighted by Gasteiger charge is 2.09. The lowest BCUT2D eigenvalue weighted by atomic mass is 10.1. The number of fused-ring (bicyclic) bond motifs is 1. The molecule has 0 radical (unpaired) electrons. The lowest BCUT2D eigenvalue weighted by Crippen LogP contribution is -2.19. The summed E-state index contributed by atoms with van der Waals surface area (Å²) in [5, 5.41) is 10.5. The van der Waals surface area contributed by atoms with Gasteiger partial charge in [0.1, 0.15) is 17.2 Å². The molecule has 3 aromatic carbocycles. The molecule has 0 saturated heterocycles. The maximum Gasteiger partial charge on any atom is 0.323 e. The summed E-state index contributed by atoms with van der Waals surface area (Å²) in [5.74, 6) is 0.797. The maximum absolute atomic E-state index is 12.4. The molecule has 7 nitrogen and oxygen atoms in total. The number of aromatic nitrogens is 1. The number of amides is 3. The Morgan fingerprint density at radius 1 is 0.906 bits per heavy atom. The highest BCUT2D eigenvalue weighted by Crippen LogP contribution is 2.30. The molecule has 4 rings (SSSR count). The molecule has 3 N–H and O–H groups in total. The molecule has 1 heterocycles. The fourth-order valence-corrected chi connectivity index (χ4v) is 3.24. The van der Waals surface area contributed by atoms with Crippen LogP contribution < -0.4 is 20.7 Å². The number of carbonyl (C=O) groups excluding carboxylic acids is 2. The molecule has 0 aliphatic rings. The quantitative estimate of drug-likeness (QED) is 0.367. The maximum atomic E-state index is 12.4. The van der Waals surface area contributed by atoms with E-state index in [2.05, 4.69) is 20.9 Å². The van der Waals surface area contributed by atoms with Crippen molar-refractivity contribution in [3.8, 4) is 11.5 Å². The van der Waals surface area contributed by atoms with E-state index in [1.807, 2.05) is 30.3 Å². The number of pyridine rings is 1. The van der Waals surface area contributed by atoms with Crippen molar-refractivity contribution in [2.75, 3.05) is 17.7 Å². The van der Waals surface area contributed by atoms with Crippen LogP contribution in [-0.2, 0) is 0 Å². The summed E-state index contributed by atoms with van der Waals surface area (Å²) in [6.07, 6.45) is 1.52. The van der Waals surface area contributed by atoms with Gasteiger partial charge in [0.2, 0.25) is 0 Å². The second-order valence-corrected chi connectivity index (χ2v) is 7.27. The van der Waals surface area contributed by atoms with Gasteiger partial charge in [0.25, 0.3) is 5.91 Å². The van der Waals surface area contributed by atoms with Gasteiger partial charge in [0.15, 0.2) is 0 Å². The first-order valence-electron chi connectivity index (χ1n) is 9.74. The minimum atomic E-state index is -0.362. The van der Waals surface area contributed by atoms with Gasteiger partial charge in [0, 0.05) is 35.4 Å². The van der Waals surface area contributed by atoms with Gasteiger partial charge in [-0.15, -0.1) is 0 Å². The average molecular weight is 447 g/mol. The lowest BCUT2D eigenvalue weighted by Gasteiger charge is -2.12. The van der Waals surface area contributed by atoms with Gasteiger partial charge in [0.05, 0.1) is 5.69 Å². The molecule has 160 valence electrons. The van der Waals surface area contributed by atoms with E-state index in [0.29, 0.717) is 27.9 Å². The zero-order valence-electron chi connectivity index (χ0n) is 17.1. The minimum absolute atomic E-state index is 0.268. The molecule has 8 heteroatoms. The number of benzene rings is 3. The first kappa shape index (κ1) is 21.1. The molecule has 4 aromatic rings. The monoisotopic (exact) mass is 446 g/mol. The number of hydrogen-bond acceptors (Lipinski definition) is 4. The largest absolute Gasteiger partial charge is 0.457 e. The number of halogens is 1. The van der Waals surface area contributed by atoms with E-state index in [1.54, 1.807) is 49.5 Å². The van der Waals surface area contributed by atoms with Crippen molar-refractivity contribution >= 4 is 45.7 Å². The summed E-state index contributed by atoms with van der Waals surface area (Å²) in [5.41, 5.74) is 1.56. The van der Waals surface area contributed by atoms with Crippen molar-refractivity contribution < 1.29 is 14.3 Å². The Kier molecular flexibility index (Phi) is 6.19. The second-order valence-electron chi connectivity index (χ2n) is 6.83. The number of anilines is 2. The molecule has 0 aliphatic heterocycles. The van der Waals surface area contributed by atoms with Crippen LogP contribution in [0.5, 0.6) is 11.5 Å². The fraction of sp³-hybridized carbons (Fsp3) is 0.0417. The number of urea groups is 1. The first-order chi connectivity index (χ1) is 15.5. The van der Waals surface area contributed by atoms with Gasteiger partial charge in [-0.1, -0.05) is 23.7 Å². The number of ether oxygens (including phenoxy) is 1. The minimum Gasteiger partial charge on any atom is -0.457 e. The zero-order valence-corrected chi connectivity index (χ0v) is 17.8. The molecular formula is C24H19ClN4O3. The SMILES string of the molecule is CNC(=O)c1cc(Oc2ccc3c(NC(=O)Nc4ccc(Cl)cc4)cccc3c2)ccn1. The van der Waals surface area contributed by atoms with E-state index in [-0.39, 0.29) is 17.6 Å². The van der Waals surface area contributed by atoms with Crippen LogP contribution in [0, 0.1) is 0 Å². The number of carbonyl (C=O) groups is 2. The predicted molar refractivity (Wildman–Crippen MR) is 126 cm³/mol. The van der Waals surface area contributed by atoms with Gasteiger partial charge < -0.3 is 20.7 Å². The molecule has 0 atom stereocenters. The third-order valence-corrected chi connectivity index (χ3v) is 4.88. The van der Waals surface area contributed by atoms with Crippen LogP contribution in [0.2, 0.25) is 5.02 Å². The van der Waals surface area contributed by atoms with Crippen molar-refractivity contribution in [2.24, 2.45) is 0 Å². The van der Waals surface area contributed by atoms with Gasteiger partial charge >= 0.3 is 6.03 Å². The molecule has 0 aliphatic carbocycles. The van der Waals surface area contributed by atoms with Crippen molar-refractivity contribution in [3.05, 3.63) is 89.7 Å². The van der Waals surface area contributed by atoms with Gasteiger partial charge in [-0.25, -0.2) is 4.79 Å². The highest BCUT2D eigenvalue weighted by molar-refractivity contribution is 6.30. The third-order valence-electron chi connectivity index (χ3n) is 4.63. The third kappa shape index (κ3) is 4.96. The summed E-state index contributed by atoms with van der Waals surface area (Å²) < 4.78 is 5.90. The summed E-state index contributed by atoms with van der Waals surface area (Å²) in [6, 6.07) is 20.9. The predicted octanol–water partition coefficient (Wildman–Crippen LogP) is 5.68. The Balaban J connectivity index is 1.51. The molecule has 0 saturated carbocycles. The van der Waals surface area contributed by atoms with E-state index < -0.39 is 0 Å². The standard InChI is InChI=1S/C24H19ClN4O3/c1-26-23(30)22-14-19(11-12-27-22)32-18-9-10-20-15(13-18)3-2-4-21(20)29-24(31)28-17-7-5-16(25)6-8-17/h2-14H,1H3,(H,26,30)(H2,28,29,31). The first-order valence-corrected chi connectivity index (χ1v) is 10.1. The number of rotatable bonds is 5. The van der Waals surface area contributed by atoms with Gasteiger partial charge in [-0.05, 0) is 60.0 Å².